The number of ether oxygens (including phenoxy) is 2. The van der Waals surface area contributed by atoms with Gasteiger partial charge >= 0.3 is 6.09 Å². The molecular formula is C38H52N6O5. The summed E-state index contributed by atoms with van der Waals surface area (Å²) >= 11 is 0. The summed E-state index contributed by atoms with van der Waals surface area (Å²) < 4.78 is 13.2. The number of anilines is 1. The first-order valence-electron chi connectivity index (χ1n) is 18.0. The lowest BCUT2D eigenvalue weighted by Crippen LogP contribution is -2.43. The number of hydrogen-bond donors (Lipinski definition) is 1. The van der Waals surface area contributed by atoms with E-state index in [-0.39, 0.29) is 36.6 Å². The SMILES string of the molecule is COc1ccc(C2CCC(CN(C(=O)C3CCC(OC(=O)N4CCC(C)(O)C4)CC3)c3cc(-c4cnn(C(C)C)c4)ccn3)CC2)nc1C. The van der Waals surface area contributed by atoms with Crippen LogP contribution in [0.25, 0.3) is 11.1 Å². The highest BCUT2D eigenvalue weighted by Gasteiger charge is 2.38. The fourth-order valence-electron chi connectivity index (χ4n) is 7.69. The summed E-state index contributed by atoms with van der Waals surface area (Å²) in [7, 11) is 1.67. The van der Waals surface area contributed by atoms with Gasteiger partial charge in [-0.1, -0.05) is 0 Å². The molecule has 3 aromatic rings. The highest BCUT2D eigenvalue weighted by atomic mass is 16.6. The van der Waals surface area contributed by atoms with Gasteiger partial charge in [-0.2, -0.15) is 5.10 Å². The van der Waals surface area contributed by atoms with E-state index < -0.39 is 5.60 Å². The molecule has 0 radical (unpaired) electrons. The maximum Gasteiger partial charge on any atom is 0.410 e. The van der Waals surface area contributed by atoms with Crippen molar-refractivity contribution in [2.24, 2.45) is 11.8 Å². The second-order valence-electron chi connectivity index (χ2n) is 14.9. The third-order valence-corrected chi connectivity index (χ3v) is 10.7. The Morgan fingerprint density at radius 2 is 1.82 bits per heavy atom. The van der Waals surface area contributed by atoms with Gasteiger partial charge in [0, 0.05) is 54.6 Å². The first-order chi connectivity index (χ1) is 23.5. The van der Waals surface area contributed by atoms with Crippen LogP contribution in [0.5, 0.6) is 5.75 Å². The number of rotatable bonds is 9. The van der Waals surface area contributed by atoms with Gasteiger partial charge in [0.05, 0.1) is 31.1 Å². The van der Waals surface area contributed by atoms with Crippen molar-refractivity contribution in [3.8, 4) is 16.9 Å². The summed E-state index contributed by atoms with van der Waals surface area (Å²) in [6.45, 7) is 9.34. The van der Waals surface area contributed by atoms with E-state index >= 15 is 0 Å². The van der Waals surface area contributed by atoms with Gasteiger partial charge in [0.15, 0.2) is 0 Å². The molecule has 11 heteroatoms. The van der Waals surface area contributed by atoms with Gasteiger partial charge in [-0.25, -0.2) is 9.78 Å². The highest BCUT2D eigenvalue weighted by molar-refractivity contribution is 5.94. The molecule has 1 unspecified atom stereocenters. The van der Waals surface area contributed by atoms with E-state index in [2.05, 4.69) is 25.0 Å². The topological polar surface area (TPSA) is 123 Å². The zero-order chi connectivity index (χ0) is 34.7. The van der Waals surface area contributed by atoms with E-state index in [0.29, 0.717) is 62.8 Å². The lowest BCUT2D eigenvalue weighted by molar-refractivity contribution is -0.124. The average molecular weight is 673 g/mol. The Morgan fingerprint density at radius 3 is 2.45 bits per heavy atom. The number of carbonyl (C=O) groups is 2. The maximum absolute atomic E-state index is 14.4. The van der Waals surface area contributed by atoms with Gasteiger partial charge in [0.2, 0.25) is 5.91 Å². The summed E-state index contributed by atoms with van der Waals surface area (Å²) in [4.78, 5) is 40.3. The minimum absolute atomic E-state index is 0.0949. The minimum Gasteiger partial charge on any atom is -0.495 e. The molecule has 11 nitrogen and oxygen atoms in total. The fraction of sp³-hybridized carbons (Fsp3) is 0.605. The Labute approximate surface area is 290 Å². The van der Waals surface area contributed by atoms with Crippen molar-refractivity contribution in [1.29, 1.82) is 0 Å². The van der Waals surface area contributed by atoms with E-state index in [1.54, 1.807) is 25.1 Å². The molecule has 3 fully saturated rings. The number of nitrogens with zero attached hydrogens (tertiary/aromatic N) is 6. The molecule has 264 valence electrons. The quantitative estimate of drug-likeness (QED) is 0.267. The zero-order valence-corrected chi connectivity index (χ0v) is 29.7. The number of hydrogen-bond acceptors (Lipinski definition) is 8. The molecule has 6 rings (SSSR count). The monoisotopic (exact) mass is 672 g/mol. The van der Waals surface area contributed by atoms with Crippen LogP contribution >= 0.6 is 0 Å². The van der Waals surface area contributed by atoms with Crippen LogP contribution in [0.15, 0.2) is 42.9 Å². The Morgan fingerprint density at radius 1 is 1.06 bits per heavy atom. The van der Waals surface area contributed by atoms with Crippen molar-refractivity contribution < 1.29 is 24.2 Å². The lowest BCUT2D eigenvalue weighted by Gasteiger charge is -2.35. The molecule has 2 amide bonds. The van der Waals surface area contributed by atoms with Crippen LogP contribution < -0.4 is 9.64 Å². The Hall–Kier alpha value is -3.99. The van der Waals surface area contributed by atoms with Gasteiger partial charge < -0.3 is 19.5 Å². The summed E-state index contributed by atoms with van der Waals surface area (Å²) in [6.07, 6.45) is 12.3. The van der Waals surface area contributed by atoms with E-state index in [4.69, 9.17) is 19.4 Å². The van der Waals surface area contributed by atoms with Gasteiger partial charge in [0.1, 0.15) is 17.7 Å². The molecule has 49 heavy (non-hydrogen) atoms. The fourth-order valence-corrected chi connectivity index (χ4v) is 7.69. The number of aryl methyl sites for hydroxylation is 1. The molecule has 2 aliphatic carbocycles. The molecule has 3 aliphatic rings. The molecule has 4 heterocycles. The Bertz CT molecular complexity index is 1610. The number of aliphatic hydroxyl groups is 1. The Balaban J connectivity index is 1.14. The number of methoxy groups -OCH3 is 1. The van der Waals surface area contributed by atoms with Crippen molar-refractivity contribution in [3.63, 3.8) is 0 Å². The molecule has 0 bridgehead atoms. The van der Waals surface area contributed by atoms with Crippen LogP contribution in [0.2, 0.25) is 0 Å². The second-order valence-corrected chi connectivity index (χ2v) is 14.9. The number of likely N-dealkylation sites (tertiary alicyclic amines) is 1. The van der Waals surface area contributed by atoms with Gasteiger partial charge in [-0.05, 0) is 121 Å². The van der Waals surface area contributed by atoms with Crippen molar-refractivity contribution >= 4 is 17.8 Å². The minimum atomic E-state index is -0.863. The molecular weight excluding hydrogens is 620 g/mol. The van der Waals surface area contributed by atoms with Crippen LogP contribution in [0.3, 0.4) is 0 Å². The molecule has 1 N–H and O–H groups in total. The standard InChI is InChI=1S/C38H52N6O5/c1-25(2)44-23-31(21-40-44)30-16-18-39-35(20-30)43(22-27-6-8-28(9-7-27)33-14-15-34(48-5)26(3)41-33)36(45)29-10-12-32(13-11-29)49-37(46)42-19-17-38(4,47)24-42/h14-16,18,20-21,23,25,27-29,32,47H,6-13,17,19,22,24H2,1-5H3. The predicted octanol–water partition coefficient (Wildman–Crippen LogP) is 6.70. The first kappa shape index (κ1) is 34.9. The van der Waals surface area contributed by atoms with Gasteiger partial charge in [-0.15, -0.1) is 0 Å². The molecule has 1 saturated heterocycles. The van der Waals surface area contributed by atoms with Gasteiger partial charge in [0.25, 0.3) is 0 Å². The highest BCUT2D eigenvalue weighted by Crippen LogP contribution is 2.38. The normalized spacial score (nSPS) is 25.7. The second kappa shape index (κ2) is 14.9. The number of carbonyl (C=O) groups excluding carboxylic acids is 2. The lowest BCUT2D eigenvalue weighted by atomic mass is 9.79. The van der Waals surface area contributed by atoms with Crippen molar-refractivity contribution in [3.05, 3.63) is 54.2 Å². The summed E-state index contributed by atoms with van der Waals surface area (Å²) in [5.41, 5.74) is 3.15. The molecule has 3 aromatic heterocycles. The molecule has 0 aromatic carbocycles. The van der Waals surface area contributed by atoms with E-state index in [1.807, 2.05) is 47.1 Å². The van der Waals surface area contributed by atoms with Crippen molar-refractivity contribution in [2.45, 2.75) is 109 Å². The molecule has 1 aliphatic heterocycles. The zero-order valence-electron chi connectivity index (χ0n) is 29.7. The molecule has 0 spiro atoms. The van der Waals surface area contributed by atoms with Crippen LogP contribution in [-0.4, -0.2) is 80.2 Å². The van der Waals surface area contributed by atoms with E-state index in [0.717, 1.165) is 53.9 Å². The number of amides is 2. The maximum atomic E-state index is 14.4. The molecule has 2 saturated carbocycles. The number of β-amino-alcohol motifs (C(OH)–C–C–N with tert-alkyl or cyclic N) is 1. The van der Waals surface area contributed by atoms with Crippen LogP contribution in [0, 0.1) is 18.8 Å². The average Bonchev–Trinajstić information content (AvgIpc) is 3.75. The Kier molecular flexibility index (Phi) is 10.6. The van der Waals surface area contributed by atoms with E-state index in [9.17, 15) is 14.7 Å². The summed E-state index contributed by atoms with van der Waals surface area (Å²) in [5.74, 6) is 2.16. The smallest absolute Gasteiger partial charge is 0.410 e. The van der Waals surface area contributed by atoms with Crippen LogP contribution in [0.1, 0.15) is 102 Å². The van der Waals surface area contributed by atoms with Gasteiger partial charge in [-0.3, -0.25) is 19.4 Å². The third-order valence-electron chi connectivity index (χ3n) is 10.7. The third kappa shape index (κ3) is 8.25. The summed E-state index contributed by atoms with van der Waals surface area (Å²) in [6, 6.07) is 8.35. The predicted molar refractivity (Wildman–Crippen MR) is 187 cm³/mol. The van der Waals surface area contributed by atoms with Crippen LogP contribution in [-0.2, 0) is 9.53 Å². The number of aromatic nitrogens is 4. The summed E-state index contributed by atoms with van der Waals surface area (Å²) in [5, 5.41) is 14.8. The van der Waals surface area contributed by atoms with Crippen LogP contribution in [0.4, 0.5) is 10.6 Å². The molecule has 1 atom stereocenters. The largest absolute Gasteiger partial charge is 0.495 e. The first-order valence-corrected chi connectivity index (χ1v) is 18.0. The van der Waals surface area contributed by atoms with Crippen molar-refractivity contribution in [1.82, 2.24) is 24.6 Å². The van der Waals surface area contributed by atoms with Crippen molar-refractivity contribution in [2.75, 3.05) is 31.6 Å². The number of pyridine rings is 2. The van der Waals surface area contributed by atoms with E-state index in [1.165, 1.54) is 0 Å².